The number of hydrogen-bond donors (Lipinski definition) is 0. The highest BCUT2D eigenvalue weighted by Crippen LogP contribution is 2.24. The molecule has 0 aliphatic heterocycles. The number of carbonyl (C=O) groups excluding carboxylic acids is 1. The van der Waals surface area contributed by atoms with Crippen LogP contribution >= 0.6 is 0 Å². The molecule has 130 valence electrons. The predicted molar refractivity (Wildman–Crippen MR) is 102 cm³/mol. The zero-order valence-electron chi connectivity index (χ0n) is 15.3. The average Bonchev–Trinajstić information content (AvgIpc) is 2.68. The van der Waals surface area contributed by atoms with Crippen LogP contribution < -0.4 is 4.90 Å². The van der Waals surface area contributed by atoms with Crippen LogP contribution in [0.1, 0.15) is 24.3 Å². The summed E-state index contributed by atoms with van der Waals surface area (Å²) in [6, 6.07) is 15.3. The highest BCUT2D eigenvalue weighted by atomic mass is 16.5. The Morgan fingerprint density at radius 2 is 1.60 bits per heavy atom. The fraction of sp³-hybridized carbons (Fsp3) is 0.250. The lowest BCUT2D eigenvalue weighted by molar-refractivity contribution is 0.0596. The van der Waals surface area contributed by atoms with Gasteiger partial charge in [-0.25, -0.2) is 14.8 Å². The molecule has 5 nitrogen and oxygen atoms in total. The van der Waals surface area contributed by atoms with Crippen molar-refractivity contribution in [2.75, 3.05) is 26.1 Å². The van der Waals surface area contributed by atoms with Gasteiger partial charge in [0.15, 0.2) is 11.5 Å². The van der Waals surface area contributed by atoms with E-state index in [4.69, 9.17) is 4.74 Å². The van der Waals surface area contributed by atoms with Crippen molar-refractivity contribution < 1.29 is 9.53 Å². The Balaban J connectivity index is 0.00000109. The Kier molecular flexibility index (Phi) is 6.06. The van der Waals surface area contributed by atoms with Gasteiger partial charge >= 0.3 is 5.97 Å². The molecule has 0 aliphatic carbocycles. The third kappa shape index (κ3) is 3.94. The Hall–Kier alpha value is -2.95. The molecule has 5 heteroatoms. The Morgan fingerprint density at radius 1 is 0.960 bits per heavy atom. The molecule has 0 unspecified atom stereocenters. The van der Waals surface area contributed by atoms with Gasteiger partial charge in [-0.1, -0.05) is 32.0 Å². The van der Waals surface area contributed by atoms with Gasteiger partial charge in [0.25, 0.3) is 0 Å². The summed E-state index contributed by atoms with van der Waals surface area (Å²) >= 11 is 0. The summed E-state index contributed by atoms with van der Waals surface area (Å²) in [5, 5.41) is 0.688. The number of methoxy groups -OCH3 is 1. The Morgan fingerprint density at radius 3 is 2.20 bits per heavy atom. The van der Waals surface area contributed by atoms with Gasteiger partial charge in [0.1, 0.15) is 0 Å². The molecule has 3 rings (SSSR count). The van der Waals surface area contributed by atoms with Crippen LogP contribution in [0.25, 0.3) is 22.3 Å². The number of benzene rings is 2. The maximum absolute atomic E-state index is 12.0. The van der Waals surface area contributed by atoms with Crippen molar-refractivity contribution in [3.05, 3.63) is 54.2 Å². The average molecular weight is 337 g/mol. The fourth-order valence-electron chi connectivity index (χ4n) is 2.37. The van der Waals surface area contributed by atoms with Crippen molar-refractivity contribution in [3.63, 3.8) is 0 Å². The summed E-state index contributed by atoms with van der Waals surface area (Å²) in [5.74, 6) is 0.0455. The minimum absolute atomic E-state index is 0.282. The van der Waals surface area contributed by atoms with Gasteiger partial charge in [0, 0.05) is 30.7 Å². The molecule has 0 aliphatic rings. The number of nitrogens with zero attached hydrogens (tertiary/aromatic N) is 3. The van der Waals surface area contributed by atoms with Gasteiger partial charge in [-0.15, -0.1) is 0 Å². The summed E-state index contributed by atoms with van der Waals surface area (Å²) in [7, 11) is 5.32. The summed E-state index contributed by atoms with van der Waals surface area (Å²) in [4.78, 5) is 23.0. The van der Waals surface area contributed by atoms with Crippen molar-refractivity contribution in [2.24, 2.45) is 0 Å². The topological polar surface area (TPSA) is 55.3 Å². The van der Waals surface area contributed by atoms with Gasteiger partial charge in [-0.05, 0) is 30.3 Å². The number of rotatable bonds is 3. The molecule has 0 spiro atoms. The summed E-state index contributed by atoms with van der Waals surface area (Å²) in [6.07, 6.45) is 0. The quantitative estimate of drug-likeness (QED) is 0.671. The molecule has 0 N–H and O–H groups in total. The monoisotopic (exact) mass is 337 g/mol. The molecule has 0 radical (unpaired) electrons. The normalized spacial score (nSPS) is 9.96. The van der Waals surface area contributed by atoms with Crippen LogP contribution in [-0.4, -0.2) is 37.1 Å². The lowest BCUT2D eigenvalue weighted by atomic mass is 10.1. The number of para-hydroxylation sites is 1. The van der Waals surface area contributed by atoms with Gasteiger partial charge in [0.2, 0.25) is 0 Å². The molecule has 0 bridgehead atoms. The SMILES string of the molecule is CC.COC(=O)c1nc(-c2ccc(N(C)C)cc2)nc2ccccc12. The van der Waals surface area contributed by atoms with E-state index in [1.54, 1.807) is 0 Å². The van der Waals surface area contributed by atoms with Crippen molar-refractivity contribution >= 4 is 22.6 Å². The van der Waals surface area contributed by atoms with Crippen LogP contribution in [0.5, 0.6) is 0 Å². The van der Waals surface area contributed by atoms with Gasteiger partial charge in [-0.3, -0.25) is 0 Å². The fourth-order valence-corrected chi connectivity index (χ4v) is 2.37. The van der Waals surface area contributed by atoms with E-state index in [-0.39, 0.29) is 5.69 Å². The largest absolute Gasteiger partial charge is 0.464 e. The summed E-state index contributed by atoms with van der Waals surface area (Å²) in [5.41, 5.74) is 2.94. The van der Waals surface area contributed by atoms with E-state index in [1.165, 1.54) is 7.11 Å². The molecule has 25 heavy (non-hydrogen) atoms. The molecule has 0 saturated carbocycles. The number of hydrogen-bond acceptors (Lipinski definition) is 5. The maximum Gasteiger partial charge on any atom is 0.357 e. The highest BCUT2D eigenvalue weighted by molar-refractivity contribution is 6.02. The Bertz CT molecular complexity index is 858. The van der Waals surface area contributed by atoms with E-state index in [0.717, 1.165) is 16.8 Å². The molecule has 1 aromatic heterocycles. The first-order valence-corrected chi connectivity index (χ1v) is 8.23. The number of anilines is 1. The molecule has 0 fully saturated rings. The molecule has 3 aromatic rings. The first kappa shape index (κ1) is 18.4. The molecule has 0 amide bonds. The lowest BCUT2D eigenvalue weighted by Crippen LogP contribution is -2.09. The second-order valence-corrected chi connectivity index (χ2v) is 5.35. The van der Waals surface area contributed by atoms with Gasteiger partial charge < -0.3 is 9.64 Å². The zero-order valence-corrected chi connectivity index (χ0v) is 15.3. The van der Waals surface area contributed by atoms with Crippen molar-refractivity contribution in [3.8, 4) is 11.4 Å². The van der Waals surface area contributed by atoms with E-state index in [2.05, 4.69) is 9.97 Å². The molecule has 1 heterocycles. The number of esters is 1. The number of aromatic nitrogens is 2. The van der Waals surface area contributed by atoms with Gasteiger partial charge in [0.05, 0.1) is 12.6 Å². The Labute approximate surface area is 148 Å². The van der Waals surface area contributed by atoms with Crippen LogP contribution in [0.2, 0.25) is 0 Å². The van der Waals surface area contributed by atoms with Crippen LogP contribution in [-0.2, 0) is 4.74 Å². The van der Waals surface area contributed by atoms with E-state index in [9.17, 15) is 4.79 Å². The van der Waals surface area contributed by atoms with Crippen molar-refractivity contribution in [1.29, 1.82) is 0 Å². The third-order valence-corrected chi connectivity index (χ3v) is 3.62. The van der Waals surface area contributed by atoms with E-state index >= 15 is 0 Å². The molecule has 0 atom stereocenters. The van der Waals surface area contributed by atoms with Crippen molar-refractivity contribution in [1.82, 2.24) is 9.97 Å². The minimum Gasteiger partial charge on any atom is -0.464 e. The predicted octanol–water partition coefficient (Wildman–Crippen LogP) is 4.18. The zero-order chi connectivity index (χ0) is 18.4. The number of carbonyl (C=O) groups is 1. The van der Waals surface area contributed by atoms with Crippen LogP contribution in [0.15, 0.2) is 48.5 Å². The van der Waals surface area contributed by atoms with E-state index in [1.807, 2.05) is 81.4 Å². The highest BCUT2D eigenvalue weighted by Gasteiger charge is 2.16. The van der Waals surface area contributed by atoms with Crippen LogP contribution in [0, 0.1) is 0 Å². The minimum atomic E-state index is -0.463. The molecular formula is C20H23N3O2. The van der Waals surface area contributed by atoms with Crippen LogP contribution in [0.3, 0.4) is 0 Å². The van der Waals surface area contributed by atoms with Gasteiger partial charge in [-0.2, -0.15) is 0 Å². The first-order chi connectivity index (χ1) is 12.1. The second-order valence-electron chi connectivity index (χ2n) is 5.35. The summed E-state index contributed by atoms with van der Waals surface area (Å²) in [6.45, 7) is 4.00. The van der Waals surface area contributed by atoms with Crippen LogP contribution in [0.4, 0.5) is 5.69 Å². The molecule has 0 saturated heterocycles. The lowest BCUT2D eigenvalue weighted by Gasteiger charge is -2.13. The number of ether oxygens (including phenoxy) is 1. The van der Waals surface area contributed by atoms with E-state index in [0.29, 0.717) is 11.2 Å². The third-order valence-electron chi connectivity index (χ3n) is 3.62. The number of fused-ring (bicyclic) bond motifs is 1. The molecule has 2 aromatic carbocycles. The smallest absolute Gasteiger partial charge is 0.357 e. The maximum atomic E-state index is 12.0. The van der Waals surface area contributed by atoms with Crippen molar-refractivity contribution in [2.45, 2.75) is 13.8 Å². The molecular weight excluding hydrogens is 314 g/mol. The second kappa shape index (κ2) is 8.24. The van der Waals surface area contributed by atoms with E-state index < -0.39 is 5.97 Å². The summed E-state index contributed by atoms with van der Waals surface area (Å²) < 4.78 is 4.85. The first-order valence-electron chi connectivity index (χ1n) is 8.23. The standard InChI is InChI=1S/C18H17N3O2.C2H6/c1-21(2)13-10-8-12(9-11-13)17-19-15-7-5-4-6-14(15)16(20-17)18(22)23-3;1-2/h4-11H,1-3H3;1-2H3.